The van der Waals surface area contributed by atoms with Gasteiger partial charge in [0.05, 0.1) is 19.4 Å². The zero-order valence-corrected chi connectivity index (χ0v) is 19.5. The molecule has 0 bridgehead atoms. The second kappa shape index (κ2) is 13.5. The third kappa shape index (κ3) is 7.37. The van der Waals surface area contributed by atoms with E-state index in [2.05, 4.69) is 33.1 Å². The molecule has 1 aliphatic heterocycles. The lowest BCUT2D eigenvalue weighted by Gasteiger charge is -2.38. The van der Waals surface area contributed by atoms with Gasteiger partial charge in [0.25, 0.3) is 0 Å². The van der Waals surface area contributed by atoms with Crippen LogP contribution in [-0.4, -0.2) is 69.8 Å². The summed E-state index contributed by atoms with van der Waals surface area (Å²) in [6, 6.07) is 8.13. The van der Waals surface area contributed by atoms with E-state index in [9.17, 15) is 4.79 Å². The quantitative estimate of drug-likeness (QED) is 0.193. The lowest BCUT2D eigenvalue weighted by atomic mass is 10.2. The summed E-state index contributed by atoms with van der Waals surface area (Å²) < 4.78 is 10.4. The number of hydrogen-bond acceptors (Lipinski definition) is 5. The predicted molar refractivity (Wildman–Crippen MR) is 124 cm³/mol. The summed E-state index contributed by atoms with van der Waals surface area (Å²) in [4.78, 5) is 20.7. The molecule has 0 aromatic heterocycles. The lowest BCUT2D eigenvalue weighted by molar-refractivity contribution is -0.143. The first-order chi connectivity index (χ1) is 13.2. The summed E-state index contributed by atoms with van der Waals surface area (Å²) >= 11 is 0. The molecule has 1 heterocycles. The van der Waals surface area contributed by atoms with Gasteiger partial charge in [-0.2, -0.15) is 0 Å². The number of carbonyl (C=O) groups is 1. The number of guanidine groups is 1. The van der Waals surface area contributed by atoms with Gasteiger partial charge in [0.2, 0.25) is 0 Å². The number of esters is 1. The molecule has 0 amide bonds. The van der Waals surface area contributed by atoms with Crippen LogP contribution in [0.25, 0.3) is 0 Å². The Morgan fingerprint density at radius 2 is 1.89 bits per heavy atom. The first-order valence-electron chi connectivity index (χ1n) is 9.76. The molecule has 1 aliphatic rings. The number of hydrogen-bond donors (Lipinski definition) is 1. The van der Waals surface area contributed by atoms with E-state index in [1.165, 1.54) is 0 Å². The molecule has 0 aliphatic carbocycles. The summed E-state index contributed by atoms with van der Waals surface area (Å²) in [6.07, 6.45) is 1.12. The summed E-state index contributed by atoms with van der Waals surface area (Å²) in [7, 11) is 1.71. The molecule has 1 aromatic carbocycles. The maximum Gasteiger partial charge on any atom is 0.305 e. The molecule has 0 saturated carbocycles. The third-order valence-electron chi connectivity index (χ3n) is 4.45. The van der Waals surface area contributed by atoms with Gasteiger partial charge in [-0.15, -0.1) is 24.0 Å². The van der Waals surface area contributed by atoms with Gasteiger partial charge in [-0.05, 0) is 32.4 Å². The molecular weight excluding hydrogens is 471 g/mol. The van der Waals surface area contributed by atoms with Gasteiger partial charge in [-0.25, -0.2) is 0 Å². The van der Waals surface area contributed by atoms with Crippen LogP contribution in [0, 0.1) is 0 Å². The molecule has 28 heavy (non-hydrogen) atoms. The normalized spacial score (nSPS) is 14.3. The fraction of sp³-hybridized carbons (Fsp3) is 0.600. The number of halogens is 1. The topological polar surface area (TPSA) is 66.4 Å². The maximum absolute atomic E-state index is 11.4. The van der Waals surface area contributed by atoms with Crippen molar-refractivity contribution < 1.29 is 14.3 Å². The highest BCUT2D eigenvalue weighted by atomic mass is 127. The van der Waals surface area contributed by atoms with Crippen LogP contribution in [0.3, 0.4) is 0 Å². The smallest absolute Gasteiger partial charge is 0.305 e. The van der Waals surface area contributed by atoms with E-state index in [0.717, 1.165) is 50.1 Å². The Morgan fingerprint density at radius 1 is 1.18 bits per heavy atom. The fourth-order valence-corrected chi connectivity index (χ4v) is 3.12. The SMILES string of the molecule is CCNC(=NCCCC(=O)OCC)N1CCN(c2ccccc2OC)CC1.I. The Hall–Kier alpha value is -1.71. The molecule has 0 spiro atoms. The monoisotopic (exact) mass is 504 g/mol. The average molecular weight is 504 g/mol. The van der Waals surface area contributed by atoms with Crippen molar-refractivity contribution in [2.75, 3.05) is 57.9 Å². The molecule has 7 nitrogen and oxygen atoms in total. The molecule has 0 unspecified atom stereocenters. The van der Waals surface area contributed by atoms with Crippen LogP contribution in [0.1, 0.15) is 26.7 Å². The number of aliphatic imine (C=N–C) groups is 1. The van der Waals surface area contributed by atoms with Crippen molar-refractivity contribution in [1.29, 1.82) is 0 Å². The van der Waals surface area contributed by atoms with Crippen LogP contribution < -0.4 is 15.0 Å². The number of para-hydroxylation sites is 2. The second-order valence-electron chi connectivity index (χ2n) is 6.29. The van der Waals surface area contributed by atoms with Gasteiger partial charge in [-0.1, -0.05) is 12.1 Å². The van der Waals surface area contributed by atoms with Crippen molar-refractivity contribution in [3.63, 3.8) is 0 Å². The van der Waals surface area contributed by atoms with Crippen LogP contribution in [-0.2, 0) is 9.53 Å². The van der Waals surface area contributed by atoms with Crippen LogP contribution >= 0.6 is 24.0 Å². The standard InChI is InChI=1S/C20H32N4O3.HI/c1-4-21-20(22-12-8-11-19(25)27-5-2)24-15-13-23(14-16-24)17-9-6-7-10-18(17)26-3;/h6-7,9-10H,4-5,8,11-16H2,1-3H3,(H,21,22);1H. The van der Waals surface area contributed by atoms with Gasteiger partial charge in [0, 0.05) is 45.7 Å². The van der Waals surface area contributed by atoms with Gasteiger partial charge in [-0.3, -0.25) is 9.79 Å². The van der Waals surface area contributed by atoms with Gasteiger partial charge in [0.15, 0.2) is 5.96 Å². The Morgan fingerprint density at radius 3 is 2.54 bits per heavy atom. The predicted octanol–water partition coefficient (Wildman–Crippen LogP) is 2.74. The Labute approximate surface area is 185 Å². The minimum atomic E-state index is -0.150. The van der Waals surface area contributed by atoms with Gasteiger partial charge < -0.3 is 24.6 Å². The Balaban J connectivity index is 0.00000392. The molecular formula is C20H33IN4O3. The number of nitrogens with zero attached hydrogens (tertiary/aromatic N) is 3. The van der Waals surface area contributed by atoms with Crippen molar-refractivity contribution in [2.45, 2.75) is 26.7 Å². The zero-order valence-electron chi connectivity index (χ0n) is 17.1. The average Bonchev–Trinajstić information content (AvgIpc) is 2.70. The highest BCUT2D eigenvalue weighted by Crippen LogP contribution is 2.28. The number of methoxy groups -OCH3 is 1. The molecule has 1 N–H and O–H groups in total. The molecule has 0 atom stereocenters. The summed E-state index contributed by atoms with van der Waals surface area (Å²) in [5.41, 5.74) is 1.14. The van der Waals surface area contributed by atoms with Crippen molar-refractivity contribution in [3.8, 4) is 5.75 Å². The molecule has 1 saturated heterocycles. The summed E-state index contributed by atoms with van der Waals surface area (Å²) in [5.74, 6) is 1.68. The second-order valence-corrected chi connectivity index (χ2v) is 6.29. The zero-order chi connectivity index (χ0) is 19.5. The molecule has 158 valence electrons. The van der Waals surface area contributed by atoms with Crippen LogP contribution in [0.4, 0.5) is 5.69 Å². The first-order valence-corrected chi connectivity index (χ1v) is 9.76. The minimum Gasteiger partial charge on any atom is -0.495 e. The van der Waals surface area contributed by atoms with Crippen molar-refractivity contribution in [1.82, 2.24) is 10.2 Å². The molecule has 1 fully saturated rings. The summed E-state index contributed by atoms with van der Waals surface area (Å²) in [5, 5.41) is 3.36. The van der Waals surface area contributed by atoms with Gasteiger partial charge >= 0.3 is 5.97 Å². The number of nitrogens with one attached hydrogen (secondary N) is 1. The van der Waals surface area contributed by atoms with Crippen LogP contribution in [0.2, 0.25) is 0 Å². The summed E-state index contributed by atoms with van der Waals surface area (Å²) in [6.45, 7) is 9.37. The Kier molecular flexibility index (Phi) is 11.7. The fourth-order valence-electron chi connectivity index (χ4n) is 3.12. The maximum atomic E-state index is 11.4. The molecule has 0 radical (unpaired) electrons. The number of anilines is 1. The lowest BCUT2D eigenvalue weighted by Crippen LogP contribution is -2.52. The van der Waals surface area contributed by atoms with Crippen molar-refractivity contribution in [2.24, 2.45) is 4.99 Å². The largest absolute Gasteiger partial charge is 0.495 e. The molecule has 8 heteroatoms. The highest BCUT2D eigenvalue weighted by Gasteiger charge is 2.21. The molecule has 1 aromatic rings. The number of carbonyl (C=O) groups excluding carboxylic acids is 1. The van der Waals surface area contributed by atoms with E-state index in [4.69, 9.17) is 9.47 Å². The van der Waals surface area contributed by atoms with Gasteiger partial charge in [0.1, 0.15) is 5.75 Å². The molecule has 2 rings (SSSR count). The van der Waals surface area contributed by atoms with Crippen molar-refractivity contribution >= 4 is 41.6 Å². The number of benzene rings is 1. The first kappa shape index (κ1) is 24.3. The van der Waals surface area contributed by atoms with E-state index in [1.54, 1.807) is 7.11 Å². The Bertz CT molecular complexity index is 619. The minimum absolute atomic E-state index is 0. The third-order valence-corrected chi connectivity index (χ3v) is 4.45. The van der Waals surface area contributed by atoms with E-state index in [1.807, 2.05) is 25.1 Å². The van der Waals surface area contributed by atoms with E-state index >= 15 is 0 Å². The van der Waals surface area contributed by atoms with E-state index in [0.29, 0.717) is 26.0 Å². The van der Waals surface area contributed by atoms with E-state index < -0.39 is 0 Å². The van der Waals surface area contributed by atoms with E-state index in [-0.39, 0.29) is 29.9 Å². The number of rotatable bonds is 8. The van der Waals surface area contributed by atoms with Crippen molar-refractivity contribution in [3.05, 3.63) is 24.3 Å². The number of ether oxygens (including phenoxy) is 2. The van der Waals surface area contributed by atoms with Crippen LogP contribution in [0.5, 0.6) is 5.75 Å². The number of piperazine rings is 1. The highest BCUT2D eigenvalue weighted by molar-refractivity contribution is 14.0. The van der Waals surface area contributed by atoms with Crippen LogP contribution in [0.15, 0.2) is 29.3 Å².